The molecule has 0 aromatic heterocycles. The molecule has 0 aliphatic rings. The van der Waals surface area contributed by atoms with E-state index in [9.17, 15) is 9.59 Å². The Morgan fingerprint density at radius 3 is 2.56 bits per heavy atom. The zero-order valence-corrected chi connectivity index (χ0v) is 9.66. The number of halogens is 1. The summed E-state index contributed by atoms with van der Waals surface area (Å²) in [6.07, 6.45) is 0.233. The number of ketones is 1. The van der Waals surface area contributed by atoms with Crippen molar-refractivity contribution in [1.82, 2.24) is 0 Å². The quantitative estimate of drug-likeness (QED) is 0.781. The molecule has 3 N–H and O–H groups in total. The first-order valence-electron chi connectivity index (χ1n) is 4.59. The maximum Gasteiger partial charge on any atom is 0.320 e. The summed E-state index contributed by atoms with van der Waals surface area (Å²) in [4.78, 5) is 21.6. The molecule has 0 saturated heterocycles. The molecule has 88 valence electrons. The summed E-state index contributed by atoms with van der Waals surface area (Å²) in [7, 11) is 0. The molecule has 0 aliphatic heterocycles. The fourth-order valence-electron chi connectivity index (χ4n) is 1.26. The highest BCUT2D eigenvalue weighted by Crippen LogP contribution is 2.08. The molecule has 0 bridgehead atoms. The average Bonchev–Trinajstić information content (AvgIpc) is 2.18. The second kappa shape index (κ2) is 6.25. The molecule has 1 atom stereocenters. The number of carbonyl (C=O) groups excluding carboxylic acids is 1. The molecular formula is C11H14ClNO3. The Labute approximate surface area is 99.9 Å². The van der Waals surface area contributed by atoms with Gasteiger partial charge in [0.15, 0.2) is 5.78 Å². The third-order valence-electron chi connectivity index (χ3n) is 2.11. The number of nitrogens with two attached hydrogens (primary N) is 1. The molecule has 1 rings (SSSR count). The number of carboxylic acid groups (broad SMARTS) is 1. The van der Waals surface area contributed by atoms with E-state index < -0.39 is 12.0 Å². The summed E-state index contributed by atoms with van der Waals surface area (Å²) >= 11 is 0. The zero-order chi connectivity index (χ0) is 11.4. The van der Waals surface area contributed by atoms with Crippen LogP contribution in [0.4, 0.5) is 0 Å². The Balaban J connectivity index is 0.00000225. The van der Waals surface area contributed by atoms with Crippen LogP contribution in [0.2, 0.25) is 0 Å². The van der Waals surface area contributed by atoms with E-state index in [1.165, 1.54) is 6.92 Å². The van der Waals surface area contributed by atoms with Crippen molar-refractivity contribution in [3.05, 3.63) is 35.4 Å². The summed E-state index contributed by atoms with van der Waals surface area (Å²) in [5, 5.41) is 8.63. The number of hydrogen-bond donors (Lipinski definition) is 2. The van der Waals surface area contributed by atoms with Crippen molar-refractivity contribution < 1.29 is 14.7 Å². The van der Waals surface area contributed by atoms with E-state index in [1.54, 1.807) is 24.3 Å². The lowest BCUT2D eigenvalue weighted by molar-refractivity contribution is -0.138. The standard InChI is InChI=1S/C11H13NO3.ClH/c1-7(13)9-4-2-3-8(5-9)6-10(12)11(14)15;/h2-5,10H,6,12H2,1H3,(H,14,15);1H/t10-;/m0./s1. The number of carbonyl (C=O) groups is 2. The van der Waals surface area contributed by atoms with Crippen molar-refractivity contribution in [2.24, 2.45) is 5.73 Å². The fourth-order valence-corrected chi connectivity index (χ4v) is 1.26. The lowest BCUT2D eigenvalue weighted by atomic mass is 10.0. The molecule has 0 heterocycles. The van der Waals surface area contributed by atoms with Gasteiger partial charge in [0.2, 0.25) is 0 Å². The molecule has 0 aliphatic carbocycles. The van der Waals surface area contributed by atoms with E-state index in [1.807, 2.05) is 0 Å². The highest BCUT2D eigenvalue weighted by atomic mass is 35.5. The number of benzene rings is 1. The Hall–Kier alpha value is -1.39. The molecular weight excluding hydrogens is 230 g/mol. The van der Waals surface area contributed by atoms with Crippen molar-refractivity contribution in [2.75, 3.05) is 0 Å². The van der Waals surface area contributed by atoms with Crippen molar-refractivity contribution >= 4 is 24.2 Å². The second-order valence-corrected chi connectivity index (χ2v) is 3.41. The normalized spacial score (nSPS) is 11.4. The first kappa shape index (κ1) is 14.6. The lowest BCUT2D eigenvalue weighted by Crippen LogP contribution is -2.32. The minimum atomic E-state index is -1.04. The van der Waals surface area contributed by atoms with Gasteiger partial charge in [-0.25, -0.2) is 0 Å². The van der Waals surface area contributed by atoms with E-state index in [0.717, 1.165) is 5.56 Å². The highest BCUT2D eigenvalue weighted by molar-refractivity contribution is 5.94. The van der Waals surface area contributed by atoms with Gasteiger partial charge >= 0.3 is 5.97 Å². The second-order valence-electron chi connectivity index (χ2n) is 3.41. The molecule has 0 unspecified atom stereocenters. The van der Waals surface area contributed by atoms with Crippen molar-refractivity contribution in [3.63, 3.8) is 0 Å². The van der Waals surface area contributed by atoms with Crippen molar-refractivity contribution in [2.45, 2.75) is 19.4 Å². The number of hydrogen-bond acceptors (Lipinski definition) is 3. The number of aliphatic carboxylic acids is 1. The van der Waals surface area contributed by atoms with Gasteiger partial charge in [-0.2, -0.15) is 0 Å². The highest BCUT2D eigenvalue weighted by Gasteiger charge is 2.12. The van der Waals surface area contributed by atoms with Gasteiger partial charge in [-0.3, -0.25) is 9.59 Å². The third-order valence-corrected chi connectivity index (χ3v) is 2.11. The van der Waals surface area contributed by atoms with Crippen LogP contribution in [0, 0.1) is 0 Å². The summed E-state index contributed by atoms with van der Waals surface area (Å²) in [6, 6.07) is 5.92. The van der Waals surface area contributed by atoms with Crippen LogP contribution >= 0.6 is 12.4 Å². The van der Waals surface area contributed by atoms with Crippen LogP contribution in [0.3, 0.4) is 0 Å². The zero-order valence-electron chi connectivity index (χ0n) is 8.84. The Morgan fingerprint density at radius 2 is 2.06 bits per heavy atom. The van der Waals surface area contributed by atoms with E-state index in [2.05, 4.69) is 0 Å². The SMILES string of the molecule is CC(=O)c1cccc(C[C@H](N)C(=O)O)c1.Cl. The van der Waals surface area contributed by atoms with Crippen LogP contribution < -0.4 is 5.73 Å². The van der Waals surface area contributed by atoms with Gasteiger partial charge in [-0.1, -0.05) is 18.2 Å². The minimum Gasteiger partial charge on any atom is -0.480 e. The maximum absolute atomic E-state index is 11.1. The Morgan fingerprint density at radius 1 is 1.44 bits per heavy atom. The molecule has 1 aromatic carbocycles. The molecule has 1 aromatic rings. The van der Waals surface area contributed by atoms with Crippen LogP contribution in [-0.2, 0) is 11.2 Å². The predicted molar refractivity (Wildman–Crippen MR) is 63.0 cm³/mol. The van der Waals surface area contributed by atoms with Gasteiger partial charge in [-0.05, 0) is 25.0 Å². The molecule has 0 saturated carbocycles. The predicted octanol–water partition coefficient (Wildman–Crippen LogP) is 1.27. The minimum absolute atomic E-state index is 0. The molecule has 5 heteroatoms. The van der Waals surface area contributed by atoms with Crippen molar-refractivity contribution in [3.8, 4) is 0 Å². The smallest absolute Gasteiger partial charge is 0.320 e. The van der Waals surface area contributed by atoms with Crippen LogP contribution in [0.15, 0.2) is 24.3 Å². The average molecular weight is 244 g/mol. The van der Waals surface area contributed by atoms with Crippen molar-refractivity contribution in [1.29, 1.82) is 0 Å². The van der Waals surface area contributed by atoms with Gasteiger partial charge in [-0.15, -0.1) is 12.4 Å². The van der Waals surface area contributed by atoms with Gasteiger partial charge in [0, 0.05) is 5.56 Å². The molecule has 0 spiro atoms. The van der Waals surface area contributed by atoms with Gasteiger partial charge < -0.3 is 10.8 Å². The number of rotatable bonds is 4. The lowest BCUT2D eigenvalue weighted by Gasteiger charge is -2.06. The van der Waals surface area contributed by atoms with Crippen LogP contribution in [0.1, 0.15) is 22.8 Å². The maximum atomic E-state index is 11.1. The number of Topliss-reactive ketones (excluding diaryl/α,β-unsaturated/α-hetero) is 1. The fraction of sp³-hybridized carbons (Fsp3) is 0.273. The molecule has 16 heavy (non-hydrogen) atoms. The Kier molecular flexibility index (Phi) is 5.71. The van der Waals surface area contributed by atoms with E-state index >= 15 is 0 Å². The van der Waals surface area contributed by atoms with Gasteiger partial charge in [0.25, 0.3) is 0 Å². The van der Waals surface area contributed by atoms with Crippen LogP contribution in [-0.4, -0.2) is 22.9 Å². The topological polar surface area (TPSA) is 80.4 Å². The molecule has 0 fully saturated rings. The number of carboxylic acids is 1. The first-order chi connectivity index (χ1) is 7.00. The van der Waals surface area contributed by atoms with Crippen LogP contribution in [0.5, 0.6) is 0 Å². The molecule has 0 amide bonds. The summed E-state index contributed by atoms with van der Waals surface area (Å²) in [5.74, 6) is -1.08. The monoisotopic (exact) mass is 243 g/mol. The van der Waals surface area contributed by atoms with E-state index in [4.69, 9.17) is 10.8 Å². The van der Waals surface area contributed by atoms with Gasteiger partial charge in [0.05, 0.1) is 0 Å². The molecule has 4 nitrogen and oxygen atoms in total. The van der Waals surface area contributed by atoms with E-state index in [0.29, 0.717) is 5.56 Å². The van der Waals surface area contributed by atoms with Crippen LogP contribution in [0.25, 0.3) is 0 Å². The summed E-state index contributed by atoms with van der Waals surface area (Å²) in [6.45, 7) is 1.47. The summed E-state index contributed by atoms with van der Waals surface area (Å²) in [5.41, 5.74) is 6.73. The van der Waals surface area contributed by atoms with Gasteiger partial charge in [0.1, 0.15) is 6.04 Å². The first-order valence-corrected chi connectivity index (χ1v) is 4.59. The third kappa shape index (κ3) is 4.00. The molecule has 0 radical (unpaired) electrons. The largest absolute Gasteiger partial charge is 0.480 e. The summed E-state index contributed by atoms with van der Waals surface area (Å²) < 4.78 is 0. The van der Waals surface area contributed by atoms with E-state index in [-0.39, 0.29) is 24.6 Å². The Bertz CT molecular complexity index is 393.